The predicted octanol–water partition coefficient (Wildman–Crippen LogP) is 1.78. The van der Waals surface area contributed by atoms with Crippen LogP contribution in [0.25, 0.3) is 0 Å². The van der Waals surface area contributed by atoms with E-state index in [-0.39, 0.29) is 12.2 Å². The van der Waals surface area contributed by atoms with Crippen molar-refractivity contribution in [3.05, 3.63) is 29.8 Å². The summed E-state index contributed by atoms with van der Waals surface area (Å²) in [4.78, 5) is 0. The second kappa shape index (κ2) is 3.75. The van der Waals surface area contributed by atoms with Crippen LogP contribution in [0, 0.1) is 0 Å². The van der Waals surface area contributed by atoms with Crippen molar-refractivity contribution in [3.63, 3.8) is 0 Å². The van der Waals surface area contributed by atoms with Crippen molar-refractivity contribution < 1.29 is 9.84 Å². The highest BCUT2D eigenvalue weighted by Gasteiger charge is 2.41. The largest absolute Gasteiger partial charge is 0.487 e. The minimum Gasteiger partial charge on any atom is -0.487 e. The fourth-order valence-electron chi connectivity index (χ4n) is 2.58. The number of rotatable bonds is 2. The van der Waals surface area contributed by atoms with Gasteiger partial charge in [0.15, 0.2) is 0 Å². The maximum atomic E-state index is 9.16. The molecule has 3 N–H and O–H groups in total. The highest BCUT2D eigenvalue weighted by molar-refractivity contribution is 5.41. The third-order valence-electron chi connectivity index (χ3n) is 3.11. The molecule has 0 amide bonds. The number of aliphatic hydroxyl groups excluding tert-OH is 1. The van der Waals surface area contributed by atoms with Gasteiger partial charge in [-0.3, -0.25) is 0 Å². The molecule has 1 aromatic rings. The molecule has 1 unspecified atom stereocenters. The molecule has 88 valence electrons. The quantitative estimate of drug-likeness (QED) is 0.800. The fraction of sp³-hybridized carbons (Fsp3) is 0.538. The van der Waals surface area contributed by atoms with E-state index in [1.54, 1.807) is 0 Å². The Morgan fingerprint density at radius 3 is 2.75 bits per heavy atom. The molecule has 3 nitrogen and oxygen atoms in total. The molecule has 1 heterocycles. The van der Waals surface area contributed by atoms with Gasteiger partial charge in [0.2, 0.25) is 0 Å². The van der Waals surface area contributed by atoms with Crippen LogP contribution in [0.1, 0.15) is 32.3 Å². The minimum atomic E-state index is -0.479. The third kappa shape index (κ3) is 1.93. The molecule has 1 aliphatic rings. The Hall–Kier alpha value is -1.06. The van der Waals surface area contributed by atoms with E-state index in [2.05, 4.69) is 0 Å². The van der Waals surface area contributed by atoms with Crippen LogP contribution in [-0.2, 0) is 5.54 Å². The summed E-state index contributed by atoms with van der Waals surface area (Å²) < 4.78 is 5.90. The second-order valence-electron chi connectivity index (χ2n) is 5.16. The van der Waals surface area contributed by atoms with Crippen molar-refractivity contribution in [1.29, 1.82) is 0 Å². The van der Waals surface area contributed by atoms with E-state index in [0.717, 1.165) is 17.7 Å². The standard InChI is InChI=1S/C13H19NO2/c1-12(2)9-13(14,7-8-15)10-5-3-4-6-11(10)16-12/h3-6,15H,7-9,14H2,1-2H3. The molecular weight excluding hydrogens is 202 g/mol. The first-order valence-electron chi connectivity index (χ1n) is 5.65. The van der Waals surface area contributed by atoms with Gasteiger partial charge in [0, 0.05) is 18.6 Å². The zero-order valence-electron chi connectivity index (χ0n) is 9.86. The van der Waals surface area contributed by atoms with Crippen molar-refractivity contribution in [2.45, 2.75) is 37.8 Å². The monoisotopic (exact) mass is 221 g/mol. The summed E-state index contributed by atoms with van der Waals surface area (Å²) in [5, 5.41) is 9.16. The molecule has 0 spiro atoms. The van der Waals surface area contributed by atoms with Crippen molar-refractivity contribution >= 4 is 0 Å². The van der Waals surface area contributed by atoms with Crippen LogP contribution in [0.4, 0.5) is 0 Å². The third-order valence-corrected chi connectivity index (χ3v) is 3.11. The summed E-state index contributed by atoms with van der Waals surface area (Å²) in [7, 11) is 0. The van der Waals surface area contributed by atoms with E-state index in [1.807, 2.05) is 38.1 Å². The van der Waals surface area contributed by atoms with Gasteiger partial charge in [-0.1, -0.05) is 18.2 Å². The zero-order valence-corrected chi connectivity index (χ0v) is 9.86. The molecular formula is C13H19NO2. The van der Waals surface area contributed by atoms with Gasteiger partial charge in [0.05, 0.1) is 5.54 Å². The first-order valence-corrected chi connectivity index (χ1v) is 5.65. The minimum absolute atomic E-state index is 0.0981. The molecule has 16 heavy (non-hydrogen) atoms. The number of benzene rings is 1. The summed E-state index contributed by atoms with van der Waals surface area (Å²) >= 11 is 0. The van der Waals surface area contributed by atoms with Crippen LogP contribution in [0.5, 0.6) is 5.75 Å². The lowest BCUT2D eigenvalue weighted by Crippen LogP contribution is -2.50. The first kappa shape index (κ1) is 11.4. The van der Waals surface area contributed by atoms with E-state index in [4.69, 9.17) is 15.6 Å². The average Bonchev–Trinajstić information content (AvgIpc) is 2.15. The molecule has 1 aliphatic heterocycles. The lowest BCUT2D eigenvalue weighted by molar-refractivity contribution is 0.0372. The van der Waals surface area contributed by atoms with Crippen molar-refractivity contribution in [1.82, 2.24) is 0 Å². The molecule has 0 aromatic heterocycles. The number of hydrogen-bond donors (Lipinski definition) is 2. The summed E-state index contributed by atoms with van der Waals surface area (Å²) in [6.45, 7) is 4.16. The predicted molar refractivity (Wildman–Crippen MR) is 63.3 cm³/mol. The normalized spacial score (nSPS) is 27.0. The number of nitrogens with two attached hydrogens (primary N) is 1. The zero-order chi connectivity index (χ0) is 11.8. The molecule has 0 saturated carbocycles. The molecule has 0 fully saturated rings. The summed E-state index contributed by atoms with van der Waals surface area (Å²) in [6.07, 6.45) is 1.29. The van der Waals surface area contributed by atoms with Gasteiger partial charge < -0.3 is 15.6 Å². The van der Waals surface area contributed by atoms with Gasteiger partial charge in [0.1, 0.15) is 11.4 Å². The fourth-order valence-corrected chi connectivity index (χ4v) is 2.58. The highest BCUT2D eigenvalue weighted by atomic mass is 16.5. The number of aliphatic hydroxyl groups is 1. The SMILES string of the molecule is CC1(C)CC(N)(CCO)c2ccccc2O1. The molecule has 0 radical (unpaired) electrons. The van der Waals surface area contributed by atoms with Gasteiger partial charge in [0.25, 0.3) is 0 Å². The van der Waals surface area contributed by atoms with E-state index >= 15 is 0 Å². The summed E-state index contributed by atoms with van der Waals surface area (Å²) in [5.41, 5.74) is 6.66. The number of ether oxygens (including phenoxy) is 1. The van der Waals surface area contributed by atoms with Gasteiger partial charge in [-0.2, -0.15) is 0 Å². The Morgan fingerprint density at radius 2 is 2.06 bits per heavy atom. The van der Waals surface area contributed by atoms with Crippen LogP contribution in [0.15, 0.2) is 24.3 Å². The molecule has 2 rings (SSSR count). The highest BCUT2D eigenvalue weighted by Crippen LogP contribution is 2.43. The molecule has 0 saturated heterocycles. The van der Waals surface area contributed by atoms with Crippen molar-refractivity contribution in [2.24, 2.45) is 5.73 Å². The second-order valence-corrected chi connectivity index (χ2v) is 5.16. The van der Waals surface area contributed by atoms with Crippen LogP contribution in [-0.4, -0.2) is 17.3 Å². The van der Waals surface area contributed by atoms with Gasteiger partial charge in [-0.05, 0) is 26.3 Å². The van der Waals surface area contributed by atoms with Crippen LogP contribution >= 0.6 is 0 Å². The Bertz CT molecular complexity index is 389. The van der Waals surface area contributed by atoms with Crippen molar-refractivity contribution in [2.75, 3.05) is 6.61 Å². The van der Waals surface area contributed by atoms with E-state index in [0.29, 0.717) is 6.42 Å². The molecule has 1 atom stereocenters. The van der Waals surface area contributed by atoms with E-state index in [1.165, 1.54) is 0 Å². The average molecular weight is 221 g/mol. The smallest absolute Gasteiger partial charge is 0.125 e. The van der Waals surface area contributed by atoms with Crippen LogP contribution in [0.2, 0.25) is 0 Å². The summed E-state index contributed by atoms with van der Waals surface area (Å²) in [6, 6.07) is 7.83. The lowest BCUT2D eigenvalue weighted by atomic mass is 9.76. The number of para-hydroxylation sites is 1. The van der Waals surface area contributed by atoms with Crippen LogP contribution in [0.3, 0.4) is 0 Å². The molecule has 3 heteroatoms. The molecule has 0 aliphatic carbocycles. The lowest BCUT2D eigenvalue weighted by Gasteiger charge is -2.43. The first-order chi connectivity index (χ1) is 7.47. The number of hydrogen-bond acceptors (Lipinski definition) is 3. The van der Waals surface area contributed by atoms with Gasteiger partial charge >= 0.3 is 0 Å². The topological polar surface area (TPSA) is 55.5 Å². The van der Waals surface area contributed by atoms with E-state index < -0.39 is 5.54 Å². The molecule has 0 bridgehead atoms. The maximum absolute atomic E-state index is 9.16. The van der Waals surface area contributed by atoms with Crippen molar-refractivity contribution in [3.8, 4) is 5.75 Å². The summed E-state index contributed by atoms with van der Waals surface area (Å²) in [5.74, 6) is 0.842. The maximum Gasteiger partial charge on any atom is 0.125 e. The molecule has 1 aromatic carbocycles. The van der Waals surface area contributed by atoms with E-state index in [9.17, 15) is 0 Å². The van der Waals surface area contributed by atoms with Gasteiger partial charge in [-0.15, -0.1) is 0 Å². The Kier molecular flexibility index (Phi) is 2.68. The Labute approximate surface area is 96.2 Å². The van der Waals surface area contributed by atoms with Crippen LogP contribution < -0.4 is 10.5 Å². The Morgan fingerprint density at radius 1 is 1.38 bits per heavy atom. The van der Waals surface area contributed by atoms with Gasteiger partial charge in [-0.25, -0.2) is 0 Å². The Balaban J connectivity index is 2.47. The number of fused-ring (bicyclic) bond motifs is 1.